The van der Waals surface area contributed by atoms with Gasteiger partial charge in [0.05, 0.1) is 0 Å². The van der Waals surface area contributed by atoms with Crippen LogP contribution in [-0.4, -0.2) is 17.0 Å². The average molecular weight is 503 g/mol. The Morgan fingerprint density at radius 2 is 1.48 bits per heavy atom. The third-order valence-electron chi connectivity index (χ3n) is 4.76. The van der Waals surface area contributed by atoms with Gasteiger partial charge < -0.3 is 9.84 Å². The number of hydrogen-bond acceptors (Lipinski definition) is 4. The summed E-state index contributed by atoms with van der Waals surface area (Å²) in [4.78, 5) is 16.8. The molecule has 152 valence electrons. The summed E-state index contributed by atoms with van der Waals surface area (Å²) in [5.41, 5.74) is 3.02. The summed E-state index contributed by atoms with van der Waals surface area (Å²) >= 11 is 2.22. The summed E-state index contributed by atoms with van der Waals surface area (Å²) in [5.74, 6) is 0.147. The molecule has 0 fully saturated rings. The van der Waals surface area contributed by atoms with Gasteiger partial charge >= 0.3 is 5.97 Å². The van der Waals surface area contributed by atoms with Crippen molar-refractivity contribution in [3.05, 3.63) is 67.9 Å². The Balaban J connectivity index is 2.09. The van der Waals surface area contributed by atoms with E-state index in [9.17, 15) is 9.90 Å². The standard InChI is InChI=1S/C24H26INO3/c1-23(2,3)17-11-14(12-18(20(17)27)24(4,5)6)13-19-22(28)29-21(26-19)15-7-9-16(25)10-8-15/h7-13,27H,1-6H3/b19-13+. The van der Waals surface area contributed by atoms with Gasteiger partial charge in [-0.05, 0) is 81.5 Å². The van der Waals surface area contributed by atoms with Crippen LogP contribution in [0, 0.1) is 3.57 Å². The third-order valence-corrected chi connectivity index (χ3v) is 5.48. The molecule has 0 radical (unpaired) electrons. The molecule has 0 atom stereocenters. The average Bonchev–Trinajstić information content (AvgIpc) is 2.95. The van der Waals surface area contributed by atoms with E-state index < -0.39 is 5.97 Å². The summed E-state index contributed by atoms with van der Waals surface area (Å²) < 4.78 is 6.48. The van der Waals surface area contributed by atoms with Crippen LogP contribution in [0.15, 0.2) is 47.1 Å². The quantitative estimate of drug-likeness (QED) is 0.314. The molecule has 0 saturated heterocycles. The van der Waals surface area contributed by atoms with Crippen molar-refractivity contribution in [2.45, 2.75) is 52.4 Å². The molecule has 0 aliphatic carbocycles. The highest BCUT2D eigenvalue weighted by molar-refractivity contribution is 14.1. The highest BCUT2D eigenvalue weighted by Crippen LogP contribution is 2.40. The molecule has 4 nitrogen and oxygen atoms in total. The van der Waals surface area contributed by atoms with Crippen molar-refractivity contribution in [3.8, 4) is 5.75 Å². The molecular formula is C24H26INO3. The Bertz CT molecular complexity index is 985. The molecule has 0 bridgehead atoms. The zero-order valence-electron chi connectivity index (χ0n) is 17.6. The van der Waals surface area contributed by atoms with E-state index in [0.717, 1.165) is 25.8 Å². The summed E-state index contributed by atoms with van der Waals surface area (Å²) in [6.07, 6.45) is 1.73. The van der Waals surface area contributed by atoms with E-state index in [0.29, 0.717) is 11.6 Å². The van der Waals surface area contributed by atoms with Gasteiger partial charge in [0.1, 0.15) is 5.75 Å². The van der Waals surface area contributed by atoms with Crippen LogP contribution in [0.1, 0.15) is 63.8 Å². The first kappa shape index (κ1) is 21.6. The van der Waals surface area contributed by atoms with Crippen molar-refractivity contribution in [2.24, 2.45) is 4.99 Å². The van der Waals surface area contributed by atoms with Crippen LogP contribution >= 0.6 is 22.6 Å². The number of cyclic esters (lactones) is 1. The molecule has 1 heterocycles. The summed E-state index contributed by atoms with van der Waals surface area (Å²) in [5, 5.41) is 10.9. The van der Waals surface area contributed by atoms with Gasteiger partial charge in [0.15, 0.2) is 5.70 Å². The maximum atomic E-state index is 12.4. The molecule has 29 heavy (non-hydrogen) atoms. The van der Waals surface area contributed by atoms with E-state index >= 15 is 0 Å². The Hall–Kier alpha value is -2.15. The molecule has 0 amide bonds. The Labute approximate surface area is 185 Å². The summed E-state index contributed by atoms with van der Waals surface area (Å²) in [6, 6.07) is 11.5. The second kappa shape index (κ2) is 7.59. The minimum Gasteiger partial charge on any atom is -0.507 e. The second-order valence-corrected chi connectivity index (χ2v) is 10.6. The maximum absolute atomic E-state index is 12.4. The predicted octanol–water partition coefficient (Wildman–Crippen LogP) is 5.94. The summed E-state index contributed by atoms with van der Waals surface area (Å²) in [7, 11) is 0. The van der Waals surface area contributed by atoms with Gasteiger partial charge in [0, 0.05) is 20.3 Å². The first-order valence-corrected chi connectivity index (χ1v) is 10.6. The lowest BCUT2D eigenvalue weighted by atomic mass is 9.78. The fourth-order valence-corrected chi connectivity index (χ4v) is 3.53. The van der Waals surface area contributed by atoms with Crippen molar-refractivity contribution in [1.29, 1.82) is 0 Å². The molecule has 0 saturated carbocycles. The van der Waals surface area contributed by atoms with Crippen LogP contribution in [0.4, 0.5) is 0 Å². The highest BCUT2D eigenvalue weighted by Gasteiger charge is 2.28. The number of nitrogens with zero attached hydrogens (tertiary/aromatic N) is 1. The number of phenols is 1. The number of carbonyl (C=O) groups is 1. The first-order chi connectivity index (χ1) is 13.4. The van der Waals surface area contributed by atoms with Gasteiger partial charge in [0.25, 0.3) is 0 Å². The minimum atomic E-state index is -0.471. The van der Waals surface area contributed by atoms with Crippen molar-refractivity contribution in [1.82, 2.24) is 0 Å². The number of aliphatic imine (C=N–C) groups is 1. The van der Waals surface area contributed by atoms with Gasteiger partial charge in [-0.15, -0.1) is 0 Å². The van der Waals surface area contributed by atoms with Crippen molar-refractivity contribution in [2.75, 3.05) is 0 Å². The number of aromatic hydroxyl groups is 1. The van der Waals surface area contributed by atoms with E-state index in [1.807, 2.05) is 36.4 Å². The molecule has 1 N–H and O–H groups in total. The molecule has 0 spiro atoms. The van der Waals surface area contributed by atoms with Crippen LogP contribution in [-0.2, 0) is 20.4 Å². The Morgan fingerprint density at radius 1 is 0.966 bits per heavy atom. The van der Waals surface area contributed by atoms with E-state index in [1.165, 1.54) is 0 Å². The van der Waals surface area contributed by atoms with Crippen LogP contribution in [0.5, 0.6) is 5.75 Å². The normalized spacial score (nSPS) is 16.2. The summed E-state index contributed by atoms with van der Waals surface area (Å²) in [6.45, 7) is 12.3. The monoisotopic (exact) mass is 503 g/mol. The number of esters is 1. The minimum absolute atomic E-state index is 0.246. The number of rotatable bonds is 2. The van der Waals surface area contributed by atoms with Gasteiger partial charge in [-0.3, -0.25) is 0 Å². The lowest BCUT2D eigenvalue weighted by Crippen LogP contribution is -2.17. The van der Waals surface area contributed by atoms with E-state index in [1.54, 1.807) is 6.08 Å². The zero-order chi connectivity index (χ0) is 21.6. The number of halogens is 1. The molecule has 3 rings (SSSR count). The van der Waals surface area contributed by atoms with Crippen LogP contribution in [0.2, 0.25) is 0 Å². The van der Waals surface area contributed by atoms with Crippen LogP contribution < -0.4 is 0 Å². The van der Waals surface area contributed by atoms with Crippen LogP contribution in [0.25, 0.3) is 6.08 Å². The maximum Gasteiger partial charge on any atom is 0.363 e. The molecule has 5 heteroatoms. The highest BCUT2D eigenvalue weighted by atomic mass is 127. The van der Waals surface area contributed by atoms with Crippen LogP contribution in [0.3, 0.4) is 0 Å². The molecule has 0 aromatic heterocycles. The molecule has 0 unspecified atom stereocenters. The van der Waals surface area contributed by atoms with E-state index in [-0.39, 0.29) is 16.5 Å². The first-order valence-electron chi connectivity index (χ1n) is 9.53. The lowest BCUT2D eigenvalue weighted by Gasteiger charge is -2.27. The molecule has 1 aliphatic rings. The fraction of sp³-hybridized carbons (Fsp3) is 0.333. The third kappa shape index (κ3) is 4.71. The molecule has 2 aromatic rings. The number of phenolic OH excluding ortho intramolecular Hbond substituents is 1. The zero-order valence-corrected chi connectivity index (χ0v) is 19.8. The number of benzene rings is 2. The van der Waals surface area contributed by atoms with E-state index in [2.05, 4.69) is 69.1 Å². The topological polar surface area (TPSA) is 58.9 Å². The number of ether oxygens (including phenoxy) is 1. The number of hydrogen-bond donors (Lipinski definition) is 1. The van der Waals surface area contributed by atoms with Gasteiger partial charge in [-0.25, -0.2) is 9.79 Å². The largest absolute Gasteiger partial charge is 0.507 e. The molecule has 1 aliphatic heterocycles. The van der Waals surface area contributed by atoms with Gasteiger partial charge in [-0.1, -0.05) is 41.5 Å². The van der Waals surface area contributed by atoms with Crippen molar-refractivity contribution in [3.63, 3.8) is 0 Å². The van der Waals surface area contributed by atoms with Gasteiger partial charge in [-0.2, -0.15) is 0 Å². The number of carbonyl (C=O) groups excluding carboxylic acids is 1. The predicted molar refractivity (Wildman–Crippen MR) is 125 cm³/mol. The smallest absolute Gasteiger partial charge is 0.363 e. The fourth-order valence-electron chi connectivity index (χ4n) is 3.17. The van der Waals surface area contributed by atoms with Gasteiger partial charge in [0.2, 0.25) is 5.90 Å². The van der Waals surface area contributed by atoms with E-state index in [4.69, 9.17) is 4.74 Å². The second-order valence-electron chi connectivity index (χ2n) is 9.31. The Morgan fingerprint density at radius 3 is 1.97 bits per heavy atom. The molecular weight excluding hydrogens is 477 g/mol. The Kier molecular flexibility index (Phi) is 5.64. The lowest BCUT2D eigenvalue weighted by molar-refractivity contribution is -0.129. The molecule has 2 aromatic carbocycles. The van der Waals surface area contributed by atoms with Crippen molar-refractivity contribution >= 4 is 40.5 Å². The van der Waals surface area contributed by atoms with Crippen molar-refractivity contribution < 1.29 is 14.6 Å². The SMILES string of the molecule is CC(C)(C)c1cc(/C=C2/N=C(c3ccc(I)cc3)OC2=O)cc(C(C)(C)C)c1O.